The summed E-state index contributed by atoms with van der Waals surface area (Å²) in [6, 6.07) is -0.378. The van der Waals surface area contributed by atoms with Crippen molar-refractivity contribution in [2.45, 2.75) is 40.2 Å². The molecule has 0 aromatic rings. The first-order chi connectivity index (χ1) is 9.35. The Balaban J connectivity index is 2.48. The van der Waals surface area contributed by atoms with Crippen LogP contribution < -0.4 is 11.1 Å². The molecule has 3 atom stereocenters. The molecule has 3 N–H and O–H groups in total. The Hall–Kier alpha value is -0.940. The predicted molar refractivity (Wildman–Crippen MR) is 80.2 cm³/mol. The van der Waals surface area contributed by atoms with E-state index in [0.717, 1.165) is 19.5 Å². The first-order valence-electron chi connectivity index (χ1n) is 7.57. The maximum atomic E-state index is 12.1. The van der Waals surface area contributed by atoms with Crippen LogP contribution in [0.4, 0.5) is 0 Å². The molecule has 0 aromatic heterocycles. The molecule has 3 unspecified atom stereocenters. The quantitative estimate of drug-likeness (QED) is 0.750. The molecule has 0 aliphatic carbocycles. The fourth-order valence-corrected chi connectivity index (χ4v) is 2.84. The number of amides is 1. The Morgan fingerprint density at radius 3 is 2.55 bits per heavy atom. The summed E-state index contributed by atoms with van der Waals surface area (Å²) in [6.07, 6.45) is 1.08. The molecule has 20 heavy (non-hydrogen) atoms. The number of carbonyl (C=O) groups is 2. The normalized spacial score (nSPS) is 25.5. The number of nitrogens with zero attached hydrogens (tertiary/aromatic N) is 1. The smallest absolute Gasteiger partial charge is 0.234 e. The van der Waals surface area contributed by atoms with E-state index in [2.05, 4.69) is 17.1 Å². The summed E-state index contributed by atoms with van der Waals surface area (Å²) < 4.78 is 0. The minimum absolute atomic E-state index is 0.0143. The van der Waals surface area contributed by atoms with Gasteiger partial charge in [-0.15, -0.1) is 0 Å². The molecule has 5 nitrogen and oxygen atoms in total. The number of likely N-dealkylation sites (tertiary alicyclic amines) is 1. The van der Waals surface area contributed by atoms with Gasteiger partial charge in [0.2, 0.25) is 5.91 Å². The number of carbonyl (C=O) groups excluding carboxylic acids is 2. The lowest BCUT2D eigenvalue weighted by molar-refractivity contribution is -0.128. The van der Waals surface area contributed by atoms with Gasteiger partial charge >= 0.3 is 0 Å². The van der Waals surface area contributed by atoms with Gasteiger partial charge in [-0.1, -0.05) is 20.8 Å². The largest absolute Gasteiger partial charge is 0.345 e. The van der Waals surface area contributed by atoms with Crippen LogP contribution in [0, 0.1) is 17.8 Å². The minimum atomic E-state index is -0.378. The van der Waals surface area contributed by atoms with Crippen LogP contribution in [0.25, 0.3) is 0 Å². The van der Waals surface area contributed by atoms with E-state index in [-0.39, 0.29) is 23.7 Å². The standard InChI is InChI=1S/C15H29N3O2/c1-10(2)15(12(4)19)17-14(20)9-18-6-5-11(3)13(7-16)8-18/h10-11,13,15H,5-9,16H2,1-4H3,(H,17,20). The fraction of sp³-hybridized carbons (Fsp3) is 0.867. The van der Waals surface area contributed by atoms with Gasteiger partial charge in [0.25, 0.3) is 0 Å². The number of ketones is 1. The van der Waals surface area contributed by atoms with Gasteiger partial charge in [0.05, 0.1) is 12.6 Å². The third-order valence-electron chi connectivity index (χ3n) is 4.29. The molecule has 1 saturated heterocycles. The summed E-state index contributed by atoms with van der Waals surface area (Å²) in [5.41, 5.74) is 5.77. The van der Waals surface area contributed by atoms with Crippen molar-refractivity contribution in [3.05, 3.63) is 0 Å². The van der Waals surface area contributed by atoms with Crippen LogP contribution in [0.3, 0.4) is 0 Å². The van der Waals surface area contributed by atoms with Gasteiger partial charge in [-0.3, -0.25) is 14.5 Å². The SMILES string of the molecule is CC(=O)C(NC(=O)CN1CCC(C)C(CN)C1)C(C)C. The third-order valence-corrected chi connectivity index (χ3v) is 4.29. The van der Waals surface area contributed by atoms with E-state index in [1.807, 2.05) is 13.8 Å². The Bertz CT molecular complexity index is 344. The highest BCUT2D eigenvalue weighted by atomic mass is 16.2. The molecule has 0 spiro atoms. The van der Waals surface area contributed by atoms with Crippen molar-refractivity contribution in [2.75, 3.05) is 26.2 Å². The van der Waals surface area contributed by atoms with Crippen LogP contribution >= 0.6 is 0 Å². The van der Waals surface area contributed by atoms with Gasteiger partial charge in [-0.25, -0.2) is 0 Å². The lowest BCUT2D eigenvalue weighted by Gasteiger charge is -2.36. The van der Waals surface area contributed by atoms with Crippen LogP contribution in [0.2, 0.25) is 0 Å². The van der Waals surface area contributed by atoms with Gasteiger partial charge in [0, 0.05) is 6.54 Å². The molecule has 1 aliphatic rings. The molecular weight excluding hydrogens is 254 g/mol. The molecule has 116 valence electrons. The minimum Gasteiger partial charge on any atom is -0.345 e. The van der Waals surface area contributed by atoms with Crippen LogP contribution in [-0.2, 0) is 9.59 Å². The van der Waals surface area contributed by atoms with Gasteiger partial charge in [-0.2, -0.15) is 0 Å². The highest BCUT2D eigenvalue weighted by Gasteiger charge is 2.27. The van der Waals surface area contributed by atoms with Crippen LogP contribution in [0.1, 0.15) is 34.1 Å². The van der Waals surface area contributed by atoms with Crippen LogP contribution in [0.5, 0.6) is 0 Å². The lowest BCUT2D eigenvalue weighted by atomic mass is 9.87. The number of Topliss-reactive ketones (excluding diaryl/α,β-unsaturated/α-hetero) is 1. The first-order valence-corrected chi connectivity index (χ1v) is 7.57. The second-order valence-corrected chi connectivity index (χ2v) is 6.40. The molecule has 1 amide bonds. The molecule has 1 rings (SSSR count). The Morgan fingerprint density at radius 1 is 1.40 bits per heavy atom. The van der Waals surface area contributed by atoms with E-state index in [4.69, 9.17) is 5.73 Å². The van der Waals surface area contributed by atoms with E-state index in [1.165, 1.54) is 6.92 Å². The van der Waals surface area contributed by atoms with Gasteiger partial charge in [-0.05, 0) is 44.2 Å². The van der Waals surface area contributed by atoms with E-state index in [0.29, 0.717) is 24.9 Å². The molecule has 1 fully saturated rings. The molecule has 0 bridgehead atoms. The number of rotatable bonds is 6. The molecule has 5 heteroatoms. The maximum absolute atomic E-state index is 12.1. The number of hydrogen-bond acceptors (Lipinski definition) is 4. The highest BCUT2D eigenvalue weighted by molar-refractivity contribution is 5.88. The topological polar surface area (TPSA) is 75.4 Å². The van der Waals surface area contributed by atoms with Crippen molar-refractivity contribution < 1.29 is 9.59 Å². The highest BCUT2D eigenvalue weighted by Crippen LogP contribution is 2.21. The molecule has 1 heterocycles. The first kappa shape index (κ1) is 17.1. The number of nitrogens with one attached hydrogen (secondary N) is 1. The third kappa shape index (κ3) is 4.87. The summed E-state index contributed by atoms with van der Waals surface area (Å²) in [5.74, 6) is 1.16. The van der Waals surface area contributed by atoms with Gasteiger partial charge in [0.1, 0.15) is 0 Å². The van der Waals surface area contributed by atoms with Crippen molar-refractivity contribution in [3.8, 4) is 0 Å². The van der Waals surface area contributed by atoms with Gasteiger partial charge in [0.15, 0.2) is 5.78 Å². The average Bonchev–Trinajstić information content (AvgIpc) is 2.37. The molecule has 0 radical (unpaired) electrons. The van der Waals surface area contributed by atoms with E-state index >= 15 is 0 Å². The molecule has 0 saturated carbocycles. The second kappa shape index (κ2) is 7.74. The maximum Gasteiger partial charge on any atom is 0.234 e. The summed E-state index contributed by atoms with van der Waals surface area (Å²) in [4.78, 5) is 25.7. The van der Waals surface area contributed by atoms with Crippen molar-refractivity contribution >= 4 is 11.7 Å². The average molecular weight is 283 g/mol. The lowest BCUT2D eigenvalue weighted by Crippen LogP contribution is -2.50. The second-order valence-electron chi connectivity index (χ2n) is 6.40. The number of nitrogens with two attached hydrogens (primary N) is 1. The number of piperidine rings is 1. The Morgan fingerprint density at radius 2 is 2.05 bits per heavy atom. The fourth-order valence-electron chi connectivity index (χ4n) is 2.84. The Kier molecular flexibility index (Phi) is 6.62. The zero-order chi connectivity index (χ0) is 15.3. The molecular formula is C15H29N3O2. The zero-order valence-corrected chi connectivity index (χ0v) is 13.2. The summed E-state index contributed by atoms with van der Waals surface area (Å²) in [6.45, 7) is 10.5. The predicted octanol–water partition coefficient (Wildman–Crippen LogP) is 0.633. The monoisotopic (exact) mass is 283 g/mol. The summed E-state index contributed by atoms with van der Waals surface area (Å²) >= 11 is 0. The van der Waals surface area contributed by atoms with Crippen LogP contribution in [-0.4, -0.2) is 48.8 Å². The van der Waals surface area contributed by atoms with E-state index in [9.17, 15) is 9.59 Å². The zero-order valence-electron chi connectivity index (χ0n) is 13.2. The van der Waals surface area contributed by atoms with Crippen LogP contribution in [0.15, 0.2) is 0 Å². The van der Waals surface area contributed by atoms with Gasteiger partial charge < -0.3 is 11.1 Å². The Labute approximate surface area is 122 Å². The number of hydrogen-bond donors (Lipinski definition) is 2. The van der Waals surface area contributed by atoms with Crippen molar-refractivity contribution in [2.24, 2.45) is 23.5 Å². The van der Waals surface area contributed by atoms with E-state index in [1.54, 1.807) is 0 Å². The van der Waals surface area contributed by atoms with Crippen molar-refractivity contribution in [1.29, 1.82) is 0 Å². The van der Waals surface area contributed by atoms with Crippen molar-refractivity contribution in [1.82, 2.24) is 10.2 Å². The summed E-state index contributed by atoms with van der Waals surface area (Å²) in [5, 5.41) is 2.85. The van der Waals surface area contributed by atoms with Crippen molar-refractivity contribution in [3.63, 3.8) is 0 Å². The molecule has 1 aliphatic heterocycles. The molecule has 0 aromatic carbocycles. The summed E-state index contributed by atoms with van der Waals surface area (Å²) in [7, 11) is 0. The van der Waals surface area contributed by atoms with E-state index < -0.39 is 0 Å².